The smallest absolute Gasteiger partial charge is 0.321 e. The Balaban J connectivity index is 3.08. The lowest BCUT2D eigenvalue weighted by molar-refractivity contribution is -0.137. The van der Waals surface area contributed by atoms with Gasteiger partial charge in [-0.25, -0.2) is 0 Å². The van der Waals surface area contributed by atoms with Gasteiger partial charge in [0.15, 0.2) is 0 Å². The summed E-state index contributed by atoms with van der Waals surface area (Å²) in [4.78, 5) is 10.4. The Morgan fingerprint density at radius 2 is 1.87 bits per heavy atom. The number of aliphatic carboxylic acids is 1. The SMILES string of the molecule is CCCCCCCCSCC(N)C(=O)O. The second-order valence-corrected chi connectivity index (χ2v) is 4.94. The van der Waals surface area contributed by atoms with Crippen molar-refractivity contribution in [2.24, 2.45) is 5.73 Å². The minimum Gasteiger partial charge on any atom is -0.480 e. The van der Waals surface area contributed by atoms with E-state index in [1.54, 1.807) is 11.8 Å². The standard InChI is InChI=1S/C11H23NO2S/c1-2-3-4-5-6-7-8-15-9-10(12)11(13)14/h10H,2-9,12H2,1H3,(H,13,14). The summed E-state index contributed by atoms with van der Waals surface area (Å²) in [6.07, 6.45) is 7.68. The van der Waals surface area contributed by atoms with Gasteiger partial charge in [-0.2, -0.15) is 11.8 Å². The largest absolute Gasteiger partial charge is 0.480 e. The summed E-state index contributed by atoms with van der Waals surface area (Å²) < 4.78 is 0. The van der Waals surface area contributed by atoms with E-state index < -0.39 is 12.0 Å². The predicted octanol–water partition coefficient (Wildman–Crippen LogP) is 2.49. The molecule has 0 aliphatic carbocycles. The van der Waals surface area contributed by atoms with Crippen molar-refractivity contribution in [3.63, 3.8) is 0 Å². The molecular formula is C11H23NO2S. The lowest BCUT2D eigenvalue weighted by Crippen LogP contribution is -2.32. The summed E-state index contributed by atoms with van der Waals surface area (Å²) in [6, 6.07) is -0.699. The van der Waals surface area contributed by atoms with Crippen LogP contribution in [0.2, 0.25) is 0 Å². The number of carboxylic acid groups (broad SMARTS) is 1. The molecule has 1 unspecified atom stereocenters. The number of hydrogen-bond donors (Lipinski definition) is 2. The maximum absolute atomic E-state index is 10.4. The number of carboxylic acids is 1. The molecule has 90 valence electrons. The van der Waals surface area contributed by atoms with Gasteiger partial charge in [-0.1, -0.05) is 39.0 Å². The van der Waals surface area contributed by atoms with E-state index in [2.05, 4.69) is 6.92 Å². The molecule has 0 aliphatic heterocycles. The fourth-order valence-electron chi connectivity index (χ4n) is 1.27. The van der Waals surface area contributed by atoms with Gasteiger partial charge in [-0.3, -0.25) is 4.79 Å². The zero-order valence-electron chi connectivity index (χ0n) is 9.58. The quantitative estimate of drug-likeness (QED) is 0.569. The van der Waals surface area contributed by atoms with Crippen molar-refractivity contribution < 1.29 is 9.90 Å². The van der Waals surface area contributed by atoms with Crippen LogP contribution in [0, 0.1) is 0 Å². The van der Waals surface area contributed by atoms with Crippen LogP contribution >= 0.6 is 11.8 Å². The van der Waals surface area contributed by atoms with Crippen LogP contribution in [0.1, 0.15) is 45.4 Å². The summed E-state index contributed by atoms with van der Waals surface area (Å²) in [5.74, 6) is 0.669. The molecule has 0 radical (unpaired) electrons. The molecule has 0 spiro atoms. The highest BCUT2D eigenvalue weighted by Crippen LogP contribution is 2.10. The van der Waals surface area contributed by atoms with E-state index in [0.29, 0.717) is 5.75 Å². The van der Waals surface area contributed by atoms with Crippen molar-refractivity contribution in [2.45, 2.75) is 51.5 Å². The average Bonchev–Trinajstić information content (AvgIpc) is 2.21. The first-order chi connectivity index (χ1) is 7.18. The molecule has 3 nitrogen and oxygen atoms in total. The molecule has 0 aromatic heterocycles. The van der Waals surface area contributed by atoms with Gasteiger partial charge < -0.3 is 10.8 Å². The molecule has 0 heterocycles. The normalized spacial score (nSPS) is 12.7. The van der Waals surface area contributed by atoms with Gasteiger partial charge in [0.2, 0.25) is 0 Å². The summed E-state index contributed by atoms with van der Waals surface area (Å²) in [5, 5.41) is 8.54. The fourth-order valence-corrected chi connectivity index (χ4v) is 2.24. The number of rotatable bonds is 10. The van der Waals surface area contributed by atoms with E-state index in [1.165, 1.54) is 38.5 Å². The third kappa shape index (κ3) is 10.1. The van der Waals surface area contributed by atoms with E-state index in [-0.39, 0.29) is 0 Å². The van der Waals surface area contributed by atoms with Crippen molar-refractivity contribution >= 4 is 17.7 Å². The molecule has 1 atom stereocenters. The Morgan fingerprint density at radius 1 is 1.27 bits per heavy atom. The molecule has 0 aromatic rings. The molecule has 15 heavy (non-hydrogen) atoms. The van der Waals surface area contributed by atoms with Gasteiger partial charge >= 0.3 is 5.97 Å². The van der Waals surface area contributed by atoms with Crippen molar-refractivity contribution in [1.82, 2.24) is 0 Å². The fraction of sp³-hybridized carbons (Fsp3) is 0.909. The third-order valence-electron chi connectivity index (χ3n) is 2.26. The number of carbonyl (C=O) groups is 1. The van der Waals surface area contributed by atoms with Crippen LogP contribution in [0.5, 0.6) is 0 Å². The van der Waals surface area contributed by atoms with Crippen LogP contribution in [0.25, 0.3) is 0 Å². The van der Waals surface area contributed by atoms with E-state index in [9.17, 15) is 4.79 Å². The van der Waals surface area contributed by atoms with Gasteiger partial charge in [0.1, 0.15) is 6.04 Å². The number of thioether (sulfide) groups is 1. The second-order valence-electron chi connectivity index (χ2n) is 3.79. The topological polar surface area (TPSA) is 63.3 Å². The highest BCUT2D eigenvalue weighted by atomic mass is 32.2. The minimum absolute atomic E-state index is 0.532. The highest BCUT2D eigenvalue weighted by Gasteiger charge is 2.09. The summed E-state index contributed by atoms with van der Waals surface area (Å²) >= 11 is 1.65. The Labute approximate surface area is 96.8 Å². The van der Waals surface area contributed by atoms with Crippen LogP contribution < -0.4 is 5.73 Å². The maximum Gasteiger partial charge on any atom is 0.321 e. The lowest BCUT2D eigenvalue weighted by atomic mass is 10.1. The summed E-state index contributed by atoms with van der Waals surface area (Å²) in [7, 11) is 0. The molecule has 4 heteroatoms. The summed E-state index contributed by atoms with van der Waals surface area (Å²) in [5.41, 5.74) is 5.38. The molecule has 0 saturated carbocycles. The molecular weight excluding hydrogens is 210 g/mol. The lowest BCUT2D eigenvalue weighted by Gasteiger charge is -2.05. The number of unbranched alkanes of at least 4 members (excludes halogenated alkanes) is 5. The van der Waals surface area contributed by atoms with Gasteiger partial charge in [-0.15, -0.1) is 0 Å². The van der Waals surface area contributed by atoms with Crippen molar-refractivity contribution in [3.8, 4) is 0 Å². The van der Waals surface area contributed by atoms with Crippen LogP contribution in [0.4, 0.5) is 0 Å². The first-order valence-electron chi connectivity index (χ1n) is 5.74. The first-order valence-corrected chi connectivity index (χ1v) is 6.90. The van der Waals surface area contributed by atoms with Gasteiger partial charge in [0.25, 0.3) is 0 Å². The van der Waals surface area contributed by atoms with Gasteiger partial charge in [-0.05, 0) is 12.2 Å². The molecule has 0 amide bonds. The Kier molecular flexibility index (Phi) is 10.2. The molecule has 0 aromatic carbocycles. The van der Waals surface area contributed by atoms with Crippen LogP contribution in [0.15, 0.2) is 0 Å². The van der Waals surface area contributed by atoms with Crippen molar-refractivity contribution in [3.05, 3.63) is 0 Å². The van der Waals surface area contributed by atoms with Gasteiger partial charge in [0, 0.05) is 5.75 Å². The van der Waals surface area contributed by atoms with Crippen LogP contribution in [-0.4, -0.2) is 28.6 Å². The molecule has 3 N–H and O–H groups in total. The molecule has 0 saturated heterocycles. The Bertz CT molecular complexity index is 165. The van der Waals surface area contributed by atoms with E-state index in [1.807, 2.05) is 0 Å². The number of nitrogens with two attached hydrogens (primary N) is 1. The summed E-state index contributed by atoms with van der Waals surface area (Å²) in [6.45, 7) is 2.21. The zero-order chi connectivity index (χ0) is 11.5. The van der Waals surface area contributed by atoms with E-state index in [4.69, 9.17) is 10.8 Å². The van der Waals surface area contributed by atoms with Crippen molar-refractivity contribution in [2.75, 3.05) is 11.5 Å². The Morgan fingerprint density at radius 3 is 2.47 bits per heavy atom. The maximum atomic E-state index is 10.4. The highest BCUT2D eigenvalue weighted by molar-refractivity contribution is 7.99. The zero-order valence-corrected chi connectivity index (χ0v) is 10.4. The Hall–Kier alpha value is -0.220. The predicted molar refractivity (Wildman–Crippen MR) is 66.3 cm³/mol. The second kappa shape index (κ2) is 10.3. The van der Waals surface area contributed by atoms with E-state index >= 15 is 0 Å². The minimum atomic E-state index is -0.898. The van der Waals surface area contributed by atoms with Crippen molar-refractivity contribution in [1.29, 1.82) is 0 Å². The van der Waals surface area contributed by atoms with Crippen LogP contribution in [-0.2, 0) is 4.79 Å². The van der Waals surface area contributed by atoms with Gasteiger partial charge in [0.05, 0.1) is 0 Å². The van der Waals surface area contributed by atoms with E-state index in [0.717, 1.165) is 5.75 Å². The van der Waals surface area contributed by atoms with Crippen LogP contribution in [0.3, 0.4) is 0 Å². The molecule has 0 rings (SSSR count). The number of hydrogen-bond acceptors (Lipinski definition) is 3. The average molecular weight is 233 g/mol. The molecule has 0 fully saturated rings. The molecule has 0 aliphatic rings. The monoisotopic (exact) mass is 233 g/mol. The first kappa shape index (κ1) is 14.8. The molecule has 0 bridgehead atoms. The third-order valence-corrected chi connectivity index (χ3v) is 3.43.